The topological polar surface area (TPSA) is 64.4 Å². The first kappa shape index (κ1) is 22.4. The van der Waals surface area contributed by atoms with E-state index in [9.17, 15) is 9.59 Å². The van der Waals surface area contributed by atoms with E-state index in [1.54, 1.807) is 15.7 Å². The van der Waals surface area contributed by atoms with Gasteiger partial charge >= 0.3 is 5.97 Å². The number of aryl methyl sites for hydroxylation is 1. The molecule has 29 heavy (non-hydrogen) atoms. The number of hydrogen-bond donors (Lipinski definition) is 0. The SMILES string of the molecule is C=C(C)CN(CC)C(=O)COC(=O)/C=C/c1c(C)nn(Cc2ccccc2)c1Cl. The molecule has 0 radical (unpaired) electrons. The van der Waals surface area contributed by atoms with E-state index in [0.29, 0.717) is 36.0 Å². The summed E-state index contributed by atoms with van der Waals surface area (Å²) < 4.78 is 6.73. The number of nitrogens with zero attached hydrogens (tertiary/aromatic N) is 3. The molecule has 0 atom stereocenters. The van der Waals surface area contributed by atoms with Crippen LogP contribution in [0.4, 0.5) is 0 Å². The van der Waals surface area contributed by atoms with Crippen molar-refractivity contribution < 1.29 is 14.3 Å². The molecule has 154 valence electrons. The van der Waals surface area contributed by atoms with Crippen molar-refractivity contribution >= 4 is 29.6 Å². The summed E-state index contributed by atoms with van der Waals surface area (Å²) in [5, 5.41) is 4.87. The maximum absolute atomic E-state index is 12.1. The van der Waals surface area contributed by atoms with Crippen molar-refractivity contribution in [2.45, 2.75) is 27.3 Å². The van der Waals surface area contributed by atoms with E-state index < -0.39 is 5.97 Å². The monoisotopic (exact) mass is 415 g/mol. The molecule has 1 amide bonds. The Balaban J connectivity index is 1.98. The van der Waals surface area contributed by atoms with E-state index in [1.165, 1.54) is 6.08 Å². The summed E-state index contributed by atoms with van der Waals surface area (Å²) in [6, 6.07) is 9.83. The lowest BCUT2D eigenvalue weighted by Crippen LogP contribution is -2.35. The summed E-state index contributed by atoms with van der Waals surface area (Å²) in [7, 11) is 0. The van der Waals surface area contributed by atoms with Crippen LogP contribution in [0.2, 0.25) is 5.15 Å². The van der Waals surface area contributed by atoms with E-state index in [-0.39, 0.29) is 12.5 Å². The minimum atomic E-state index is -0.615. The first-order valence-corrected chi connectivity index (χ1v) is 9.73. The summed E-state index contributed by atoms with van der Waals surface area (Å²) in [4.78, 5) is 25.7. The van der Waals surface area contributed by atoms with E-state index in [2.05, 4.69) is 11.7 Å². The number of benzene rings is 1. The summed E-state index contributed by atoms with van der Waals surface area (Å²) in [5.74, 6) is -0.877. The van der Waals surface area contributed by atoms with Crippen molar-refractivity contribution in [2.75, 3.05) is 19.7 Å². The van der Waals surface area contributed by atoms with Crippen LogP contribution in [0.1, 0.15) is 30.7 Å². The standard InChI is InChI=1S/C22H26ClN3O3/c1-5-25(13-16(2)3)20(27)15-29-21(28)12-11-19-17(4)24-26(22(19)23)14-18-9-7-6-8-10-18/h6-12H,2,5,13-15H2,1,3-4H3/b12-11+. The molecule has 0 saturated carbocycles. The van der Waals surface area contributed by atoms with Crippen LogP contribution in [0.25, 0.3) is 6.08 Å². The second-order valence-electron chi connectivity index (χ2n) is 6.74. The smallest absolute Gasteiger partial charge is 0.331 e. The van der Waals surface area contributed by atoms with Gasteiger partial charge in [-0.3, -0.25) is 4.79 Å². The Morgan fingerprint density at radius 1 is 1.31 bits per heavy atom. The average molecular weight is 416 g/mol. The third-order valence-electron chi connectivity index (χ3n) is 4.20. The fraction of sp³-hybridized carbons (Fsp3) is 0.318. The zero-order chi connectivity index (χ0) is 21.4. The molecule has 0 fully saturated rings. The van der Waals surface area contributed by atoms with E-state index >= 15 is 0 Å². The van der Waals surface area contributed by atoms with Crippen LogP contribution in [0.3, 0.4) is 0 Å². The van der Waals surface area contributed by atoms with Crippen molar-refractivity contribution in [1.82, 2.24) is 14.7 Å². The lowest BCUT2D eigenvalue weighted by atomic mass is 10.2. The average Bonchev–Trinajstić information content (AvgIpc) is 2.96. The Labute approximate surface area is 176 Å². The van der Waals surface area contributed by atoms with Crippen molar-refractivity contribution in [3.8, 4) is 0 Å². The molecule has 2 aromatic rings. The molecular weight excluding hydrogens is 390 g/mol. The summed E-state index contributed by atoms with van der Waals surface area (Å²) in [6.07, 6.45) is 2.81. The van der Waals surface area contributed by atoms with Crippen LogP contribution in [0, 0.1) is 6.92 Å². The molecule has 0 N–H and O–H groups in total. The summed E-state index contributed by atoms with van der Waals surface area (Å²) >= 11 is 6.43. The summed E-state index contributed by atoms with van der Waals surface area (Å²) in [6.45, 7) is 10.5. The zero-order valence-corrected chi connectivity index (χ0v) is 17.8. The Hall–Kier alpha value is -2.86. The van der Waals surface area contributed by atoms with Gasteiger partial charge in [-0.2, -0.15) is 5.10 Å². The van der Waals surface area contributed by atoms with E-state index in [0.717, 1.165) is 11.1 Å². The van der Waals surface area contributed by atoms with Gasteiger partial charge in [0.25, 0.3) is 5.91 Å². The molecule has 2 rings (SSSR count). The minimum absolute atomic E-state index is 0.262. The van der Waals surface area contributed by atoms with Gasteiger partial charge in [0.1, 0.15) is 5.15 Å². The molecule has 0 unspecified atom stereocenters. The maximum Gasteiger partial charge on any atom is 0.331 e. The molecule has 1 heterocycles. The van der Waals surface area contributed by atoms with Gasteiger partial charge in [0.15, 0.2) is 6.61 Å². The number of hydrogen-bond acceptors (Lipinski definition) is 4. The molecule has 0 spiro atoms. The van der Waals surface area contributed by atoms with Gasteiger partial charge < -0.3 is 9.64 Å². The maximum atomic E-state index is 12.1. The highest BCUT2D eigenvalue weighted by molar-refractivity contribution is 6.31. The number of rotatable bonds is 9. The van der Waals surface area contributed by atoms with Crippen molar-refractivity contribution in [3.05, 3.63) is 70.5 Å². The first-order chi connectivity index (χ1) is 13.8. The van der Waals surface area contributed by atoms with Gasteiger partial charge in [-0.1, -0.05) is 54.1 Å². The minimum Gasteiger partial charge on any atom is -0.452 e. The lowest BCUT2D eigenvalue weighted by Gasteiger charge is -2.20. The largest absolute Gasteiger partial charge is 0.452 e. The molecule has 1 aromatic heterocycles. The highest BCUT2D eigenvalue weighted by Gasteiger charge is 2.14. The quantitative estimate of drug-likeness (QED) is 0.354. The molecule has 0 bridgehead atoms. The number of carbonyl (C=O) groups excluding carboxylic acids is 2. The van der Waals surface area contributed by atoms with Crippen LogP contribution in [0.5, 0.6) is 0 Å². The number of amides is 1. The highest BCUT2D eigenvalue weighted by atomic mass is 35.5. The van der Waals surface area contributed by atoms with Crippen LogP contribution in [-0.4, -0.2) is 46.3 Å². The van der Waals surface area contributed by atoms with Crippen molar-refractivity contribution in [1.29, 1.82) is 0 Å². The molecule has 0 aliphatic carbocycles. The second kappa shape index (κ2) is 10.6. The van der Waals surface area contributed by atoms with Gasteiger partial charge in [0.05, 0.1) is 12.2 Å². The predicted octanol–water partition coefficient (Wildman–Crippen LogP) is 3.87. The Morgan fingerprint density at radius 2 is 2.00 bits per heavy atom. The van der Waals surface area contributed by atoms with Crippen LogP contribution in [0.15, 0.2) is 48.6 Å². The Bertz CT molecular complexity index is 904. The van der Waals surface area contributed by atoms with Gasteiger partial charge in [-0.15, -0.1) is 0 Å². The fourth-order valence-electron chi connectivity index (χ4n) is 2.74. The number of carbonyl (C=O) groups is 2. The van der Waals surface area contributed by atoms with E-state index in [4.69, 9.17) is 16.3 Å². The molecule has 7 heteroatoms. The van der Waals surface area contributed by atoms with E-state index in [1.807, 2.05) is 51.1 Å². The number of ether oxygens (including phenoxy) is 1. The van der Waals surface area contributed by atoms with Gasteiger partial charge in [-0.05, 0) is 32.4 Å². The number of aromatic nitrogens is 2. The van der Waals surface area contributed by atoms with Crippen LogP contribution < -0.4 is 0 Å². The third-order valence-corrected chi connectivity index (χ3v) is 4.60. The van der Waals surface area contributed by atoms with Gasteiger partial charge in [-0.25, -0.2) is 9.48 Å². The molecular formula is C22H26ClN3O3. The van der Waals surface area contributed by atoms with Crippen LogP contribution in [-0.2, 0) is 20.9 Å². The Kier molecular flexibility index (Phi) is 8.21. The third kappa shape index (κ3) is 6.61. The lowest BCUT2D eigenvalue weighted by molar-refractivity contribution is -0.147. The summed E-state index contributed by atoms with van der Waals surface area (Å²) in [5.41, 5.74) is 3.28. The number of likely N-dealkylation sites (N-methyl/N-ethyl adjacent to an activating group) is 1. The van der Waals surface area contributed by atoms with Crippen molar-refractivity contribution in [2.24, 2.45) is 0 Å². The van der Waals surface area contributed by atoms with Gasteiger partial charge in [0.2, 0.25) is 0 Å². The fourth-order valence-corrected chi connectivity index (χ4v) is 3.04. The zero-order valence-electron chi connectivity index (χ0n) is 17.0. The van der Waals surface area contributed by atoms with Crippen LogP contribution >= 0.6 is 11.6 Å². The van der Waals surface area contributed by atoms with Gasteiger partial charge in [0, 0.05) is 24.7 Å². The first-order valence-electron chi connectivity index (χ1n) is 9.35. The highest BCUT2D eigenvalue weighted by Crippen LogP contribution is 2.22. The molecule has 0 aliphatic rings. The number of esters is 1. The Morgan fingerprint density at radius 3 is 2.62 bits per heavy atom. The number of halogens is 1. The molecule has 6 nitrogen and oxygen atoms in total. The predicted molar refractivity (Wildman–Crippen MR) is 115 cm³/mol. The van der Waals surface area contributed by atoms with Crippen molar-refractivity contribution in [3.63, 3.8) is 0 Å². The molecule has 1 aromatic carbocycles. The normalized spacial score (nSPS) is 10.9. The second-order valence-corrected chi connectivity index (χ2v) is 7.10. The molecule has 0 saturated heterocycles. The molecule has 0 aliphatic heterocycles.